The predicted molar refractivity (Wildman–Crippen MR) is 66.6 cm³/mol. The second-order valence-corrected chi connectivity index (χ2v) is 4.94. The van der Waals surface area contributed by atoms with Crippen molar-refractivity contribution in [3.8, 4) is 0 Å². The van der Waals surface area contributed by atoms with Gasteiger partial charge in [-0.15, -0.1) is 0 Å². The lowest BCUT2D eigenvalue weighted by molar-refractivity contribution is 0.137. The van der Waals surface area contributed by atoms with E-state index in [1.165, 1.54) is 23.1 Å². The Balaban J connectivity index is 2.28. The molecule has 2 nitrogen and oxygen atoms in total. The first kappa shape index (κ1) is 11.6. The molecule has 2 N–H and O–H groups in total. The number of nitrogens with one attached hydrogen (secondary N) is 1. The number of aryl methyl sites for hydroxylation is 3. The van der Waals surface area contributed by atoms with E-state index in [1.54, 1.807) is 0 Å². The SMILES string of the molecule is Cc1cc(C)c(C(O)C2CCCN2)cc1C. The molecule has 2 heteroatoms. The van der Waals surface area contributed by atoms with Gasteiger partial charge in [0.25, 0.3) is 0 Å². The average Bonchev–Trinajstić information content (AvgIpc) is 2.75. The third-order valence-corrected chi connectivity index (χ3v) is 3.68. The normalized spacial score (nSPS) is 22.4. The van der Waals surface area contributed by atoms with Gasteiger partial charge in [-0.1, -0.05) is 12.1 Å². The van der Waals surface area contributed by atoms with Gasteiger partial charge in [0.2, 0.25) is 0 Å². The monoisotopic (exact) mass is 219 g/mol. The van der Waals surface area contributed by atoms with Gasteiger partial charge in [0, 0.05) is 6.04 Å². The van der Waals surface area contributed by atoms with E-state index in [0.717, 1.165) is 18.5 Å². The Morgan fingerprint density at radius 2 is 1.88 bits per heavy atom. The molecule has 1 aliphatic rings. The highest BCUT2D eigenvalue weighted by atomic mass is 16.3. The van der Waals surface area contributed by atoms with Crippen LogP contribution in [0.25, 0.3) is 0 Å². The quantitative estimate of drug-likeness (QED) is 0.800. The molecule has 0 aromatic heterocycles. The summed E-state index contributed by atoms with van der Waals surface area (Å²) in [5, 5.41) is 13.7. The summed E-state index contributed by atoms with van der Waals surface area (Å²) in [6.45, 7) is 7.34. The van der Waals surface area contributed by atoms with Gasteiger partial charge in [-0.05, 0) is 62.4 Å². The van der Waals surface area contributed by atoms with E-state index in [1.807, 2.05) is 0 Å². The van der Waals surface area contributed by atoms with Crippen molar-refractivity contribution in [3.05, 3.63) is 34.4 Å². The lowest BCUT2D eigenvalue weighted by atomic mass is 9.93. The second-order valence-electron chi connectivity index (χ2n) is 4.94. The highest BCUT2D eigenvalue weighted by Crippen LogP contribution is 2.27. The van der Waals surface area contributed by atoms with Gasteiger partial charge < -0.3 is 10.4 Å². The van der Waals surface area contributed by atoms with Crippen LogP contribution in [0, 0.1) is 20.8 Å². The van der Waals surface area contributed by atoms with Crippen LogP contribution >= 0.6 is 0 Å². The molecule has 1 aromatic rings. The molecule has 1 aliphatic heterocycles. The molecule has 1 fully saturated rings. The average molecular weight is 219 g/mol. The third kappa shape index (κ3) is 2.13. The fourth-order valence-electron chi connectivity index (χ4n) is 2.50. The summed E-state index contributed by atoms with van der Waals surface area (Å²) in [5.74, 6) is 0. The molecule has 2 atom stereocenters. The summed E-state index contributed by atoms with van der Waals surface area (Å²) in [7, 11) is 0. The molecule has 2 rings (SSSR count). The second kappa shape index (κ2) is 4.56. The molecule has 0 aliphatic carbocycles. The molecule has 1 heterocycles. The zero-order valence-corrected chi connectivity index (χ0v) is 10.4. The molecule has 0 amide bonds. The van der Waals surface area contributed by atoms with E-state index in [0.29, 0.717) is 0 Å². The Bertz CT molecular complexity index is 381. The summed E-state index contributed by atoms with van der Waals surface area (Å²) in [4.78, 5) is 0. The molecule has 1 aromatic carbocycles. The molecule has 1 saturated heterocycles. The Labute approximate surface area is 97.7 Å². The highest BCUT2D eigenvalue weighted by Gasteiger charge is 2.25. The van der Waals surface area contributed by atoms with Gasteiger partial charge in [0.05, 0.1) is 6.10 Å². The Hall–Kier alpha value is -0.860. The van der Waals surface area contributed by atoms with Crippen LogP contribution in [0.1, 0.15) is 41.2 Å². The van der Waals surface area contributed by atoms with Crippen LogP contribution in [-0.4, -0.2) is 17.7 Å². The van der Waals surface area contributed by atoms with E-state index < -0.39 is 0 Å². The van der Waals surface area contributed by atoms with Crippen LogP contribution < -0.4 is 5.32 Å². The van der Waals surface area contributed by atoms with Crippen molar-refractivity contribution in [1.29, 1.82) is 0 Å². The number of hydrogen-bond acceptors (Lipinski definition) is 2. The Morgan fingerprint density at radius 1 is 1.19 bits per heavy atom. The van der Waals surface area contributed by atoms with Gasteiger partial charge in [-0.2, -0.15) is 0 Å². The Morgan fingerprint density at radius 3 is 2.50 bits per heavy atom. The topological polar surface area (TPSA) is 32.3 Å². The third-order valence-electron chi connectivity index (χ3n) is 3.68. The smallest absolute Gasteiger partial charge is 0.0945 e. The van der Waals surface area contributed by atoms with Gasteiger partial charge in [0.15, 0.2) is 0 Å². The maximum absolute atomic E-state index is 10.4. The molecule has 2 unspecified atom stereocenters. The number of rotatable bonds is 2. The van der Waals surface area contributed by atoms with E-state index in [2.05, 4.69) is 38.2 Å². The zero-order chi connectivity index (χ0) is 11.7. The summed E-state index contributed by atoms with van der Waals surface area (Å²) in [6.07, 6.45) is 1.89. The van der Waals surface area contributed by atoms with Gasteiger partial charge in [-0.25, -0.2) is 0 Å². The predicted octanol–water partition coefficient (Wildman–Crippen LogP) is 2.40. The molecule has 0 radical (unpaired) electrons. The molecular formula is C14H21NO. The minimum atomic E-state index is -0.359. The zero-order valence-electron chi connectivity index (χ0n) is 10.4. The lowest BCUT2D eigenvalue weighted by Crippen LogP contribution is -2.29. The van der Waals surface area contributed by atoms with Crippen molar-refractivity contribution < 1.29 is 5.11 Å². The van der Waals surface area contributed by atoms with Crippen LogP contribution in [0.15, 0.2) is 12.1 Å². The number of hydrogen-bond donors (Lipinski definition) is 2. The first-order valence-corrected chi connectivity index (χ1v) is 6.09. The fraction of sp³-hybridized carbons (Fsp3) is 0.571. The van der Waals surface area contributed by atoms with Crippen LogP contribution in [0.2, 0.25) is 0 Å². The summed E-state index contributed by atoms with van der Waals surface area (Å²) >= 11 is 0. The van der Waals surface area contributed by atoms with Crippen molar-refractivity contribution >= 4 is 0 Å². The molecular weight excluding hydrogens is 198 g/mol. The maximum Gasteiger partial charge on any atom is 0.0945 e. The minimum Gasteiger partial charge on any atom is -0.387 e. The first-order valence-electron chi connectivity index (χ1n) is 6.09. The van der Waals surface area contributed by atoms with Gasteiger partial charge >= 0.3 is 0 Å². The van der Waals surface area contributed by atoms with E-state index in [9.17, 15) is 5.11 Å². The van der Waals surface area contributed by atoms with Crippen LogP contribution in [0.5, 0.6) is 0 Å². The summed E-state index contributed by atoms with van der Waals surface area (Å²) in [5.41, 5.74) is 4.84. The number of aliphatic hydroxyl groups excluding tert-OH is 1. The van der Waals surface area contributed by atoms with Crippen molar-refractivity contribution in [3.63, 3.8) is 0 Å². The number of aliphatic hydroxyl groups is 1. The largest absolute Gasteiger partial charge is 0.387 e. The standard InChI is InChI=1S/C14H21NO/c1-9-7-11(3)12(8-10(9)2)14(16)13-5-4-6-15-13/h7-8,13-16H,4-6H2,1-3H3. The maximum atomic E-state index is 10.4. The van der Waals surface area contributed by atoms with Crippen molar-refractivity contribution in [2.75, 3.05) is 6.54 Å². The molecule has 16 heavy (non-hydrogen) atoms. The van der Waals surface area contributed by atoms with Crippen LogP contribution in [-0.2, 0) is 0 Å². The van der Waals surface area contributed by atoms with Crippen LogP contribution in [0.3, 0.4) is 0 Å². The van der Waals surface area contributed by atoms with E-state index in [-0.39, 0.29) is 12.1 Å². The van der Waals surface area contributed by atoms with Gasteiger partial charge in [0.1, 0.15) is 0 Å². The van der Waals surface area contributed by atoms with Gasteiger partial charge in [-0.3, -0.25) is 0 Å². The van der Waals surface area contributed by atoms with Crippen molar-refractivity contribution in [2.24, 2.45) is 0 Å². The molecule has 0 saturated carbocycles. The summed E-state index contributed by atoms with van der Waals surface area (Å²) in [6, 6.07) is 4.54. The van der Waals surface area contributed by atoms with Crippen molar-refractivity contribution in [1.82, 2.24) is 5.32 Å². The summed E-state index contributed by atoms with van der Waals surface area (Å²) < 4.78 is 0. The van der Waals surface area contributed by atoms with Crippen molar-refractivity contribution in [2.45, 2.75) is 45.8 Å². The molecule has 88 valence electrons. The van der Waals surface area contributed by atoms with E-state index in [4.69, 9.17) is 0 Å². The van der Waals surface area contributed by atoms with E-state index >= 15 is 0 Å². The Kier molecular flexibility index (Phi) is 3.31. The minimum absolute atomic E-state index is 0.237. The first-order chi connectivity index (χ1) is 7.59. The number of benzene rings is 1. The lowest BCUT2D eigenvalue weighted by Gasteiger charge is -2.21. The molecule has 0 spiro atoms. The highest BCUT2D eigenvalue weighted by molar-refractivity contribution is 5.38. The molecule has 0 bridgehead atoms. The fourth-order valence-corrected chi connectivity index (χ4v) is 2.50. The van der Waals surface area contributed by atoms with Crippen LogP contribution in [0.4, 0.5) is 0 Å².